The summed E-state index contributed by atoms with van der Waals surface area (Å²) in [4.78, 5) is 23.4. The first kappa shape index (κ1) is 16.0. The Kier molecular flexibility index (Phi) is 5.99. The van der Waals surface area contributed by atoms with Gasteiger partial charge in [-0.3, -0.25) is 4.79 Å². The molecule has 0 fully saturated rings. The molecule has 6 nitrogen and oxygen atoms in total. The maximum absolute atomic E-state index is 11.7. The topological polar surface area (TPSA) is 87.7 Å². The highest BCUT2D eigenvalue weighted by Crippen LogP contribution is 2.05. The first-order valence-corrected chi connectivity index (χ1v) is 6.34. The zero-order chi connectivity index (χ0) is 15.0. The number of aliphatic hydroxyl groups excluding tert-OH is 1. The Morgan fingerprint density at radius 3 is 2.50 bits per heavy atom. The monoisotopic (exact) mass is 280 g/mol. The van der Waals surface area contributed by atoms with Crippen LogP contribution in [0.3, 0.4) is 0 Å². The van der Waals surface area contributed by atoms with Crippen LogP contribution in [0, 0.1) is 0 Å². The molecule has 3 N–H and O–H groups in total. The number of amides is 2. The van der Waals surface area contributed by atoms with Crippen molar-refractivity contribution < 1.29 is 19.4 Å². The number of nitrogens with one attached hydrogen (secondary N) is 2. The van der Waals surface area contributed by atoms with E-state index < -0.39 is 11.6 Å². The molecule has 0 aromatic heterocycles. The average Bonchev–Trinajstić information content (AvgIpc) is 2.43. The minimum Gasteiger partial charge on any atom is -0.445 e. The lowest BCUT2D eigenvalue weighted by Crippen LogP contribution is -2.55. The van der Waals surface area contributed by atoms with E-state index in [1.165, 1.54) is 0 Å². The van der Waals surface area contributed by atoms with Gasteiger partial charge in [0.05, 0.1) is 6.61 Å². The molecule has 1 aromatic rings. The molecule has 110 valence electrons. The number of carbonyl (C=O) groups is 2. The van der Waals surface area contributed by atoms with Gasteiger partial charge in [0.1, 0.15) is 12.1 Å². The summed E-state index contributed by atoms with van der Waals surface area (Å²) in [6, 6.07) is 9.25. The molecule has 0 saturated carbocycles. The number of hydrogen-bond acceptors (Lipinski definition) is 4. The number of carbonyl (C=O) groups excluding carboxylic acids is 2. The summed E-state index contributed by atoms with van der Waals surface area (Å²) in [6.45, 7) is 3.25. The van der Waals surface area contributed by atoms with Crippen LogP contribution >= 0.6 is 0 Å². The van der Waals surface area contributed by atoms with Gasteiger partial charge in [-0.25, -0.2) is 4.79 Å². The second-order valence-corrected chi connectivity index (χ2v) is 4.79. The molecule has 0 radical (unpaired) electrons. The molecule has 6 heteroatoms. The third-order valence-corrected chi connectivity index (χ3v) is 2.59. The maximum Gasteiger partial charge on any atom is 0.408 e. The van der Waals surface area contributed by atoms with Crippen LogP contribution in [0.25, 0.3) is 0 Å². The van der Waals surface area contributed by atoms with Crippen molar-refractivity contribution >= 4 is 12.0 Å². The quantitative estimate of drug-likeness (QED) is 0.719. The van der Waals surface area contributed by atoms with E-state index in [2.05, 4.69) is 10.6 Å². The lowest BCUT2D eigenvalue weighted by Gasteiger charge is -2.24. The molecule has 0 aliphatic carbocycles. The summed E-state index contributed by atoms with van der Waals surface area (Å²) < 4.78 is 5.04. The molecule has 0 unspecified atom stereocenters. The van der Waals surface area contributed by atoms with Gasteiger partial charge >= 0.3 is 6.09 Å². The van der Waals surface area contributed by atoms with Crippen molar-refractivity contribution in [3.05, 3.63) is 35.9 Å². The number of hydrogen-bond donors (Lipinski definition) is 3. The fourth-order valence-electron chi connectivity index (χ4n) is 1.46. The molecule has 0 heterocycles. The van der Waals surface area contributed by atoms with Gasteiger partial charge in [0.25, 0.3) is 0 Å². The minimum atomic E-state index is -1.11. The lowest BCUT2D eigenvalue weighted by atomic mass is 10.1. The molecular formula is C14H20N2O4. The Balaban J connectivity index is 2.42. The Labute approximate surface area is 118 Å². The summed E-state index contributed by atoms with van der Waals surface area (Å²) >= 11 is 0. The van der Waals surface area contributed by atoms with Crippen molar-refractivity contribution in [1.29, 1.82) is 0 Å². The standard InChI is InChI=1S/C14H20N2O4/c1-14(2,12(18)15-8-9-17)16-13(19)20-10-11-6-4-3-5-7-11/h3-7,17H,8-10H2,1-2H3,(H,15,18)(H,16,19). The highest BCUT2D eigenvalue weighted by molar-refractivity contribution is 5.89. The van der Waals surface area contributed by atoms with E-state index in [0.717, 1.165) is 5.56 Å². The zero-order valence-corrected chi connectivity index (χ0v) is 11.7. The molecule has 20 heavy (non-hydrogen) atoms. The number of alkyl carbamates (subject to hydrolysis) is 1. The van der Waals surface area contributed by atoms with Crippen LogP contribution in [0.15, 0.2) is 30.3 Å². The fraction of sp³-hybridized carbons (Fsp3) is 0.429. The molecule has 1 rings (SSSR count). The van der Waals surface area contributed by atoms with Gasteiger partial charge in [0.15, 0.2) is 0 Å². The molecule has 0 spiro atoms. The first-order chi connectivity index (χ1) is 9.45. The number of ether oxygens (including phenoxy) is 1. The zero-order valence-electron chi connectivity index (χ0n) is 11.7. The highest BCUT2D eigenvalue weighted by atomic mass is 16.5. The van der Waals surface area contributed by atoms with E-state index in [9.17, 15) is 9.59 Å². The Morgan fingerprint density at radius 1 is 1.25 bits per heavy atom. The molecule has 0 atom stereocenters. The van der Waals surface area contributed by atoms with Gasteiger partial charge in [-0.1, -0.05) is 30.3 Å². The van der Waals surface area contributed by atoms with Gasteiger partial charge < -0.3 is 20.5 Å². The normalized spacial score (nSPS) is 10.8. The highest BCUT2D eigenvalue weighted by Gasteiger charge is 2.29. The van der Waals surface area contributed by atoms with E-state index in [0.29, 0.717) is 0 Å². The van der Waals surface area contributed by atoms with Gasteiger partial charge in [0.2, 0.25) is 5.91 Å². The van der Waals surface area contributed by atoms with Crippen LogP contribution in [0.2, 0.25) is 0 Å². The van der Waals surface area contributed by atoms with Crippen LogP contribution in [-0.4, -0.2) is 35.8 Å². The molecule has 0 bridgehead atoms. The Hall–Kier alpha value is -2.08. The van der Waals surface area contributed by atoms with Gasteiger partial charge in [-0.2, -0.15) is 0 Å². The second-order valence-electron chi connectivity index (χ2n) is 4.79. The molecule has 0 aliphatic rings. The predicted octanol–water partition coefficient (Wildman–Crippen LogP) is 0.800. The third kappa shape index (κ3) is 5.27. The SMILES string of the molecule is CC(C)(NC(=O)OCc1ccccc1)C(=O)NCCO. The predicted molar refractivity (Wildman–Crippen MR) is 73.9 cm³/mol. The van der Waals surface area contributed by atoms with Crippen molar-refractivity contribution in [3.8, 4) is 0 Å². The Bertz CT molecular complexity index is 446. The minimum absolute atomic E-state index is 0.140. The largest absolute Gasteiger partial charge is 0.445 e. The van der Waals surface area contributed by atoms with E-state index in [1.807, 2.05) is 30.3 Å². The summed E-state index contributed by atoms with van der Waals surface area (Å²) in [7, 11) is 0. The number of rotatable bonds is 6. The van der Waals surface area contributed by atoms with Crippen molar-refractivity contribution in [2.45, 2.75) is 26.0 Å². The van der Waals surface area contributed by atoms with E-state index in [-0.39, 0.29) is 25.7 Å². The summed E-state index contributed by atoms with van der Waals surface area (Å²) in [6.07, 6.45) is -0.669. The van der Waals surface area contributed by atoms with E-state index in [4.69, 9.17) is 9.84 Å². The van der Waals surface area contributed by atoms with Crippen molar-refractivity contribution in [2.75, 3.05) is 13.2 Å². The molecule has 0 aliphatic heterocycles. The lowest BCUT2D eigenvalue weighted by molar-refractivity contribution is -0.126. The van der Waals surface area contributed by atoms with Crippen LogP contribution in [0.1, 0.15) is 19.4 Å². The third-order valence-electron chi connectivity index (χ3n) is 2.59. The first-order valence-electron chi connectivity index (χ1n) is 6.34. The van der Waals surface area contributed by atoms with E-state index in [1.54, 1.807) is 13.8 Å². The van der Waals surface area contributed by atoms with Gasteiger partial charge in [-0.05, 0) is 19.4 Å². The second kappa shape index (κ2) is 7.49. The number of aliphatic hydroxyl groups is 1. The summed E-state index contributed by atoms with van der Waals surface area (Å²) in [5.74, 6) is -0.386. The van der Waals surface area contributed by atoms with Crippen molar-refractivity contribution in [2.24, 2.45) is 0 Å². The Morgan fingerprint density at radius 2 is 1.90 bits per heavy atom. The molecular weight excluding hydrogens is 260 g/mol. The average molecular weight is 280 g/mol. The molecule has 2 amide bonds. The van der Waals surface area contributed by atoms with E-state index >= 15 is 0 Å². The van der Waals surface area contributed by atoms with Gasteiger partial charge in [-0.15, -0.1) is 0 Å². The van der Waals surface area contributed by atoms with Crippen LogP contribution in [-0.2, 0) is 16.1 Å². The summed E-state index contributed by atoms with van der Waals surface area (Å²) in [5, 5.41) is 13.6. The van der Waals surface area contributed by atoms with Crippen molar-refractivity contribution in [3.63, 3.8) is 0 Å². The number of benzene rings is 1. The van der Waals surface area contributed by atoms with Gasteiger partial charge in [0, 0.05) is 6.54 Å². The molecule has 0 saturated heterocycles. The maximum atomic E-state index is 11.7. The van der Waals surface area contributed by atoms with Crippen molar-refractivity contribution in [1.82, 2.24) is 10.6 Å². The smallest absolute Gasteiger partial charge is 0.408 e. The van der Waals surface area contributed by atoms with Crippen LogP contribution < -0.4 is 10.6 Å². The fourth-order valence-corrected chi connectivity index (χ4v) is 1.46. The summed E-state index contributed by atoms with van der Waals surface area (Å²) in [5.41, 5.74) is -0.242. The van der Waals surface area contributed by atoms with Crippen LogP contribution in [0.5, 0.6) is 0 Å². The molecule has 1 aromatic carbocycles. The van der Waals surface area contributed by atoms with Crippen LogP contribution in [0.4, 0.5) is 4.79 Å².